The van der Waals surface area contributed by atoms with E-state index >= 15 is 4.39 Å². The minimum Gasteiger partial charge on any atom is -0.493 e. The molecule has 57 heavy (non-hydrogen) atoms. The first-order valence-corrected chi connectivity index (χ1v) is 18.7. The molecule has 0 unspecified atom stereocenters. The Hall–Kier alpha value is -6.29. The third-order valence-electron chi connectivity index (χ3n) is 9.67. The van der Waals surface area contributed by atoms with Crippen molar-refractivity contribution >= 4 is 30.1 Å². The first-order valence-electron chi connectivity index (χ1n) is 18.7. The Kier molecular flexibility index (Phi) is 13.1. The minimum atomic E-state index is -0.623. The van der Waals surface area contributed by atoms with Crippen molar-refractivity contribution in [1.29, 1.82) is 0 Å². The van der Waals surface area contributed by atoms with Gasteiger partial charge < -0.3 is 39.8 Å². The van der Waals surface area contributed by atoms with Crippen LogP contribution in [0.15, 0.2) is 67.0 Å². The molecule has 0 saturated carbocycles. The molecule has 4 heterocycles. The number of benzene rings is 3. The van der Waals surface area contributed by atoms with Crippen molar-refractivity contribution < 1.29 is 47.7 Å². The second-order valence-corrected chi connectivity index (χ2v) is 14.0. The summed E-state index contributed by atoms with van der Waals surface area (Å²) in [7, 11) is 1.81. The number of aromatic nitrogens is 2. The average molecular weight is 785 g/mol. The first kappa shape index (κ1) is 40.4. The number of nitrogens with one attached hydrogen (secondary N) is 2. The maximum atomic E-state index is 15.0. The van der Waals surface area contributed by atoms with Gasteiger partial charge in [0.05, 0.1) is 38.1 Å². The number of ether oxygens (including phenoxy) is 3. The van der Waals surface area contributed by atoms with Gasteiger partial charge in [-0.2, -0.15) is 5.10 Å². The van der Waals surface area contributed by atoms with Crippen LogP contribution in [0.1, 0.15) is 67.5 Å². The summed E-state index contributed by atoms with van der Waals surface area (Å²) in [6, 6.07) is 13.4. The van der Waals surface area contributed by atoms with E-state index in [2.05, 4.69) is 15.7 Å². The van der Waals surface area contributed by atoms with Gasteiger partial charge in [0.25, 0.3) is 24.2 Å². The fourth-order valence-electron chi connectivity index (χ4n) is 7.09. The Morgan fingerprint density at radius 3 is 2.65 bits per heavy atom. The number of hydrogen-bond acceptors (Lipinski definition) is 9. The van der Waals surface area contributed by atoms with Crippen molar-refractivity contribution in [1.82, 2.24) is 30.2 Å². The Morgan fingerprint density at radius 2 is 1.88 bits per heavy atom. The zero-order valence-corrected chi connectivity index (χ0v) is 31.7. The SMILES string of the molecule is CCCN1CC(=O)N[C@@H]2CN(C(=O)c3ccc4c(c3)CCCO4)C[C@H]2OCc2cc(F)cc(c2)Oc2cc(C(=O)NCCc3cnn(C)c3)cc(c2)C1=O.O=CO. The fraction of sp³-hybridized carbons (Fsp3) is 0.366. The molecule has 1 fully saturated rings. The summed E-state index contributed by atoms with van der Waals surface area (Å²) in [5.41, 5.74) is 3.18. The van der Waals surface area contributed by atoms with Gasteiger partial charge in [-0.3, -0.25) is 28.7 Å². The van der Waals surface area contributed by atoms with E-state index in [1.54, 1.807) is 27.9 Å². The number of carbonyl (C=O) groups excluding carboxylic acids is 4. The summed E-state index contributed by atoms with van der Waals surface area (Å²) in [4.78, 5) is 66.3. The first-order chi connectivity index (χ1) is 27.5. The highest BCUT2D eigenvalue weighted by Gasteiger charge is 2.38. The van der Waals surface area contributed by atoms with Gasteiger partial charge in [-0.15, -0.1) is 0 Å². The van der Waals surface area contributed by atoms with E-state index in [9.17, 15) is 19.2 Å². The highest BCUT2D eigenvalue weighted by molar-refractivity contribution is 6.01. The molecule has 16 heteroatoms. The van der Waals surface area contributed by atoms with Crippen LogP contribution in [0.25, 0.3) is 0 Å². The third kappa shape index (κ3) is 10.3. The molecule has 1 saturated heterocycles. The average Bonchev–Trinajstić information content (AvgIpc) is 3.80. The van der Waals surface area contributed by atoms with E-state index in [1.807, 2.05) is 32.3 Å². The molecule has 3 aliphatic rings. The molecule has 0 radical (unpaired) electrons. The van der Waals surface area contributed by atoms with E-state index in [1.165, 1.54) is 35.2 Å². The third-order valence-corrected chi connectivity index (χ3v) is 9.67. The standard InChI is InChI=1S/C40H43FN6O7.CH2O2/c1-3-10-46-23-37(48)44-34-21-47(39(50)28-6-7-35-27(14-28)5-4-11-52-35)22-36(34)53-24-26-12-31(41)18-32(13-26)54-33-16-29(15-30(17-33)40(46)51)38(49)42-9-8-25-19-43-45(2)20-25;2-1-3/h6-7,12-20,34,36H,3-5,8-11,21-24H2,1-2H3,(H,42,49)(H,44,48);1H,(H,2,3)/t34-,36-;/m1./s1. The Labute approximate surface area is 328 Å². The number of nitrogens with zero attached hydrogens (tertiary/aromatic N) is 4. The number of aryl methyl sites for hydroxylation is 2. The number of likely N-dealkylation sites (tertiary alicyclic amines) is 1. The minimum absolute atomic E-state index is 0.0333. The lowest BCUT2D eigenvalue weighted by atomic mass is 10.0. The molecule has 1 aromatic heterocycles. The normalized spacial score (nSPS) is 17.8. The summed E-state index contributed by atoms with van der Waals surface area (Å²) in [6.45, 7) is 2.92. The van der Waals surface area contributed by atoms with Crippen molar-refractivity contribution in [2.75, 3.05) is 39.3 Å². The van der Waals surface area contributed by atoms with Gasteiger partial charge in [0.2, 0.25) is 5.91 Å². The summed E-state index contributed by atoms with van der Waals surface area (Å²) in [5, 5.41) is 16.9. The number of hydrogen-bond donors (Lipinski definition) is 3. The summed E-state index contributed by atoms with van der Waals surface area (Å²) in [6.07, 6.45) is 5.76. The summed E-state index contributed by atoms with van der Waals surface area (Å²) < 4.78 is 34.8. The smallest absolute Gasteiger partial charge is 0.290 e. The molecule has 7 rings (SSSR count). The lowest BCUT2D eigenvalue weighted by molar-refractivity contribution is -0.124. The van der Waals surface area contributed by atoms with Crippen LogP contribution >= 0.6 is 0 Å². The van der Waals surface area contributed by atoms with Crippen LogP contribution in [0.4, 0.5) is 4.39 Å². The van der Waals surface area contributed by atoms with Crippen molar-refractivity contribution in [3.8, 4) is 17.2 Å². The maximum Gasteiger partial charge on any atom is 0.290 e. The molecule has 4 bridgehead atoms. The van der Waals surface area contributed by atoms with E-state index in [0.29, 0.717) is 37.1 Å². The van der Waals surface area contributed by atoms with Crippen LogP contribution in [0.2, 0.25) is 0 Å². The number of rotatable bonds is 7. The maximum absolute atomic E-state index is 15.0. The van der Waals surface area contributed by atoms with Gasteiger partial charge in [0.1, 0.15) is 23.1 Å². The number of carboxylic acid groups (broad SMARTS) is 1. The van der Waals surface area contributed by atoms with Gasteiger partial charge in [0, 0.05) is 62.2 Å². The molecule has 0 spiro atoms. The van der Waals surface area contributed by atoms with Gasteiger partial charge in [0.15, 0.2) is 0 Å². The Morgan fingerprint density at radius 1 is 1.07 bits per heavy atom. The van der Waals surface area contributed by atoms with Gasteiger partial charge >= 0.3 is 0 Å². The van der Waals surface area contributed by atoms with Crippen LogP contribution in [0, 0.1) is 5.82 Å². The lowest BCUT2D eigenvalue weighted by Crippen LogP contribution is -2.49. The van der Waals surface area contributed by atoms with Crippen LogP contribution in [-0.4, -0.2) is 106 Å². The monoisotopic (exact) mass is 784 g/mol. The largest absolute Gasteiger partial charge is 0.493 e. The predicted molar refractivity (Wildman–Crippen MR) is 204 cm³/mol. The molecule has 2 atom stereocenters. The van der Waals surface area contributed by atoms with Crippen molar-refractivity contribution in [3.05, 3.63) is 106 Å². The molecule has 3 aromatic carbocycles. The number of amides is 4. The molecule has 4 aromatic rings. The molecule has 15 nitrogen and oxygen atoms in total. The molecular formula is C41H45FN6O9. The predicted octanol–water partition coefficient (Wildman–Crippen LogP) is 3.74. The highest BCUT2D eigenvalue weighted by Crippen LogP contribution is 2.30. The second kappa shape index (κ2) is 18.6. The topological polar surface area (TPSA) is 182 Å². The van der Waals surface area contributed by atoms with Crippen molar-refractivity contribution in [3.63, 3.8) is 0 Å². The molecule has 0 aliphatic carbocycles. The molecule has 4 amide bonds. The van der Waals surface area contributed by atoms with Crippen LogP contribution in [0.3, 0.4) is 0 Å². The van der Waals surface area contributed by atoms with E-state index in [0.717, 1.165) is 29.7 Å². The molecular weight excluding hydrogens is 739 g/mol. The van der Waals surface area contributed by atoms with Crippen LogP contribution in [-0.2, 0) is 40.8 Å². The van der Waals surface area contributed by atoms with E-state index in [-0.39, 0.29) is 67.8 Å². The fourth-order valence-corrected chi connectivity index (χ4v) is 7.09. The van der Waals surface area contributed by atoms with E-state index in [4.69, 9.17) is 24.1 Å². The van der Waals surface area contributed by atoms with Gasteiger partial charge in [-0.25, -0.2) is 4.39 Å². The van der Waals surface area contributed by atoms with E-state index < -0.39 is 35.7 Å². The highest BCUT2D eigenvalue weighted by atomic mass is 19.1. The second-order valence-electron chi connectivity index (χ2n) is 14.0. The van der Waals surface area contributed by atoms with Crippen LogP contribution in [0.5, 0.6) is 17.2 Å². The van der Waals surface area contributed by atoms with Gasteiger partial charge in [-0.1, -0.05) is 6.92 Å². The summed E-state index contributed by atoms with van der Waals surface area (Å²) in [5.74, 6) is -1.08. The zero-order chi connectivity index (χ0) is 40.5. The molecule has 3 N–H and O–H groups in total. The number of fused-ring (bicyclic) bond motifs is 6. The molecule has 3 aliphatic heterocycles. The molecule has 300 valence electrons. The Bertz CT molecular complexity index is 2120. The number of halogens is 1. The van der Waals surface area contributed by atoms with Crippen LogP contribution < -0.4 is 20.1 Å². The number of carbonyl (C=O) groups is 5. The van der Waals surface area contributed by atoms with Gasteiger partial charge in [-0.05, 0) is 90.9 Å². The van der Waals surface area contributed by atoms with Crippen molar-refractivity contribution in [2.24, 2.45) is 7.05 Å². The quantitative estimate of drug-likeness (QED) is 0.234. The summed E-state index contributed by atoms with van der Waals surface area (Å²) >= 11 is 0. The Balaban J connectivity index is 0.00000177. The lowest BCUT2D eigenvalue weighted by Gasteiger charge is -2.25. The van der Waals surface area contributed by atoms with Crippen molar-refractivity contribution in [2.45, 2.75) is 51.4 Å². The zero-order valence-electron chi connectivity index (χ0n) is 31.7.